The number of carbonyl (C=O) groups is 3. The Labute approximate surface area is 672 Å². The minimum absolute atomic E-state index is 0.0558. The molecule has 4 N–H and O–H groups in total. The van der Waals surface area contributed by atoms with Gasteiger partial charge in [0, 0.05) is 98.5 Å². The second kappa shape index (κ2) is 33.0. The lowest BCUT2D eigenvalue weighted by Gasteiger charge is -2.64. The van der Waals surface area contributed by atoms with Crippen LogP contribution in [-0.4, -0.2) is 132 Å². The van der Waals surface area contributed by atoms with Gasteiger partial charge in [0.25, 0.3) is 0 Å². The number of piperazine rings is 1. The van der Waals surface area contributed by atoms with Gasteiger partial charge in [-0.1, -0.05) is 143 Å². The zero-order valence-electron chi connectivity index (χ0n) is 64.9. The van der Waals surface area contributed by atoms with Crippen LogP contribution in [0.5, 0.6) is 0 Å². The maximum atomic E-state index is 13.0. The van der Waals surface area contributed by atoms with Crippen LogP contribution in [0, 0.1) is 59.2 Å². The molecule has 0 unspecified atom stereocenters. The Balaban J connectivity index is 0.000000149. The van der Waals surface area contributed by atoms with E-state index in [1.165, 1.54) is 48.2 Å². The molecule has 5 aromatic carbocycles. The van der Waals surface area contributed by atoms with Crippen LogP contribution in [0.1, 0.15) is 194 Å². The summed E-state index contributed by atoms with van der Waals surface area (Å²) in [6.07, 6.45) is 15.9. The average molecular weight is 1640 g/mol. The molecule has 0 amide bonds. The van der Waals surface area contributed by atoms with E-state index in [0.29, 0.717) is 99.8 Å². The molecule has 0 radical (unpaired) electrons. The second-order valence-corrected chi connectivity index (χ2v) is 39.4. The lowest BCUT2D eigenvalue weighted by atomic mass is 9.41. The number of carboxylic acid groups (broad SMARTS) is 2. The van der Waals surface area contributed by atoms with Gasteiger partial charge in [-0.05, 0) is 213 Å². The lowest BCUT2D eigenvalue weighted by Crippen LogP contribution is -2.62. The molecule has 5 saturated carbocycles. The molecule has 0 spiro atoms. The Morgan fingerprint density at radius 2 is 1.41 bits per heavy atom. The van der Waals surface area contributed by atoms with Crippen LogP contribution < -0.4 is 9.80 Å². The highest BCUT2D eigenvalue weighted by Gasteiger charge is 2.65. The number of aliphatic hydroxyl groups is 2. The van der Waals surface area contributed by atoms with E-state index in [-0.39, 0.29) is 84.9 Å². The van der Waals surface area contributed by atoms with E-state index in [4.69, 9.17) is 65.2 Å². The van der Waals surface area contributed by atoms with E-state index in [1.54, 1.807) is 36.5 Å². The zero-order chi connectivity index (χ0) is 79.6. The van der Waals surface area contributed by atoms with Crippen molar-refractivity contribution in [2.24, 2.45) is 59.3 Å². The Hall–Kier alpha value is -6.50. The predicted molar refractivity (Wildman–Crippen MR) is 436 cm³/mol. The third kappa shape index (κ3) is 16.7. The fourth-order valence-corrected chi connectivity index (χ4v) is 24.6. The van der Waals surface area contributed by atoms with Crippen LogP contribution in [0.25, 0.3) is 33.1 Å². The first-order chi connectivity index (χ1) is 52.6. The molecule has 598 valence electrons. The fourth-order valence-electron chi connectivity index (χ4n) is 20.2. The number of rotatable bonds is 20. The number of fused-ring (bicyclic) bond motifs is 7. The average Bonchev–Trinajstić information content (AvgIpc) is 1.69. The van der Waals surface area contributed by atoms with E-state index < -0.39 is 37.6 Å². The number of carboxylic acids is 2. The third-order valence-electron chi connectivity index (χ3n) is 26.3. The Kier molecular flexibility index (Phi) is 24.5. The molecular weight excluding hydrogens is 1530 g/mol. The van der Waals surface area contributed by atoms with E-state index in [0.717, 1.165) is 128 Å². The molecule has 8 aromatic rings. The van der Waals surface area contributed by atoms with Crippen molar-refractivity contribution in [3.63, 3.8) is 0 Å². The molecule has 7 aliphatic rings. The minimum atomic E-state index is -3.85. The van der Waals surface area contributed by atoms with Crippen LogP contribution in [0.4, 0.5) is 11.4 Å². The highest BCUT2D eigenvalue weighted by atomic mass is 35.5. The van der Waals surface area contributed by atoms with Crippen LogP contribution in [0.15, 0.2) is 122 Å². The summed E-state index contributed by atoms with van der Waals surface area (Å²) >= 11 is 25.2. The molecule has 19 nitrogen and oxygen atoms in total. The number of carbonyl (C=O) groups excluding carboxylic acids is 1. The molecule has 3 aromatic heterocycles. The number of nitrogens with zero attached hydrogens (tertiary/aromatic N) is 5. The largest absolute Gasteiger partial charge is 0.478 e. The molecule has 15 rings (SSSR count). The highest BCUT2D eigenvalue weighted by molar-refractivity contribution is 7.92. The number of aromatic carboxylic acids is 2. The molecule has 25 heteroatoms. The summed E-state index contributed by atoms with van der Waals surface area (Å²) in [5.41, 5.74) is 8.68. The lowest BCUT2D eigenvalue weighted by molar-refractivity contribution is -0.203. The highest BCUT2D eigenvalue weighted by Crippen LogP contribution is 2.70. The van der Waals surface area contributed by atoms with Crippen molar-refractivity contribution in [2.45, 2.75) is 198 Å². The summed E-state index contributed by atoms with van der Waals surface area (Å²) in [4.78, 5) is 39.9. The number of aromatic nitrogens is 2. The number of ketones is 1. The van der Waals surface area contributed by atoms with Gasteiger partial charge >= 0.3 is 11.9 Å². The number of sulfone groups is 1. The molecule has 5 heterocycles. The molecule has 11 atom stereocenters. The van der Waals surface area contributed by atoms with Crippen molar-refractivity contribution in [2.75, 3.05) is 54.8 Å². The standard InChI is InChI=1S/C38H60O5S.C29H30ClN3O4.C19H15Cl3N2O5S/c1-8-29-33-22-26(39)18-20-38(33,7)32-19-21-37(6)30(16-17-31(37)34(32)35(29)41)24(2)10-9-11-27(40)23-44(42,43)28-14-12-25(13-15-28)36(3,4)5;1-17-4-3-5-24(30)26(17)27-23(28(37-31-27)18-6-7-18)16-36-20-10-12-33(13-11-20)19-8-9-21-22(29(34)35)15-32(2)25(21)14-19;20-12-2-1-3-13(21)18(12)30(27,28)24-8-6-23(7-9-24)14-4-5-15-11(17(14)22)10-16(29-15)19(25)26/h12-15,24,26,29-35,39,41H,8-11,16-23H2,1-7H3;3-5,8-9,14-15,18,20H,6-7,10-13,16H2,1-2H3,(H,34,35);1-5,10H,6-9H2,(H,25,26)/t24-,26-,29-,30-,31+,32+,33+,34+,35-,37-,38-;;/m1../s1. The fraction of sp³-hybridized carbons (Fsp3) is 0.535. The summed E-state index contributed by atoms with van der Waals surface area (Å²) in [5, 5.41) is 48.0. The number of anilines is 2. The number of hydrogen-bond acceptors (Lipinski definition) is 15. The molecule has 0 bridgehead atoms. The first-order valence-electron chi connectivity index (χ1n) is 39.4. The van der Waals surface area contributed by atoms with Gasteiger partial charge in [0.2, 0.25) is 15.8 Å². The van der Waals surface area contributed by atoms with Gasteiger partial charge in [-0.15, -0.1) is 0 Å². The van der Waals surface area contributed by atoms with Crippen molar-refractivity contribution in [1.29, 1.82) is 0 Å². The summed E-state index contributed by atoms with van der Waals surface area (Å²) in [6.45, 7) is 21.3. The predicted octanol–water partition coefficient (Wildman–Crippen LogP) is 18.9. The molecule has 2 aliphatic heterocycles. The molecular formula is C86H105Cl4N5O14S2. The van der Waals surface area contributed by atoms with Crippen molar-refractivity contribution in [3.8, 4) is 11.3 Å². The number of hydrogen-bond donors (Lipinski definition) is 4. The maximum Gasteiger partial charge on any atom is 0.371 e. The number of furan rings is 1. The number of Topliss-reactive ketones (excluding diaryl/α,β-unsaturated/α-hetero) is 1. The van der Waals surface area contributed by atoms with E-state index >= 15 is 0 Å². The minimum Gasteiger partial charge on any atom is -0.478 e. The summed E-state index contributed by atoms with van der Waals surface area (Å²) < 4.78 is 72.8. The molecule has 7 fully saturated rings. The first kappa shape index (κ1) is 82.5. The number of aryl methyl sites for hydroxylation is 2. The quantitative estimate of drug-likeness (QED) is 0.0552. The summed E-state index contributed by atoms with van der Waals surface area (Å²) in [5.74, 6) is 1.61. The monoisotopic (exact) mass is 1640 g/mol. The Morgan fingerprint density at radius 3 is 2.05 bits per heavy atom. The molecule has 2 saturated heterocycles. The number of halogens is 4. The van der Waals surface area contributed by atoms with Crippen molar-refractivity contribution in [3.05, 3.63) is 157 Å². The van der Waals surface area contributed by atoms with E-state index in [2.05, 4.69) is 64.6 Å². The number of sulfonamides is 1. The summed E-state index contributed by atoms with van der Waals surface area (Å²) in [7, 11) is -5.60. The van der Waals surface area contributed by atoms with Gasteiger partial charge in [0.05, 0.1) is 66.7 Å². The Morgan fingerprint density at radius 1 is 0.739 bits per heavy atom. The SMILES string of the molecule is CC[C@H]1[C@@H](O)[C@@H]2[C@H](CC[C@]3(C)[C@@H]([C@H](C)CCCC(=O)CS(=O)(=O)c4ccc(C(C)(C)C)cc4)CC[C@@H]23)[C@@]2(C)CC[C@@H](O)C[C@@H]12.Cc1cccc(Cl)c1-c1noc(C2CC2)c1COC1CCN(c2ccc3c(C(=O)O)cn(C)c3c2)CC1.O=C(O)c1cc2c(Cl)c(N3CCN(S(=O)(=O)c4c(Cl)cccc4Cl)CC3)ccc2o1. The van der Waals surface area contributed by atoms with Crippen molar-refractivity contribution < 1.29 is 65.3 Å². The number of piperidine rings is 1. The molecule has 111 heavy (non-hydrogen) atoms. The van der Waals surface area contributed by atoms with Gasteiger partial charge in [-0.3, -0.25) is 4.79 Å². The zero-order valence-corrected chi connectivity index (χ0v) is 69.5. The topological polar surface area (TPSA) is 263 Å². The van der Waals surface area contributed by atoms with E-state index in [1.807, 2.05) is 65.9 Å². The third-order valence-corrected chi connectivity index (χ3v) is 31.6. The maximum absolute atomic E-state index is 13.0. The van der Waals surface area contributed by atoms with Gasteiger partial charge < -0.3 is 48.5 Å². The van der Waals surface area contributed by atoms with Crippen molar-refractivity contribution >= 4 is 117 Å². The number of aliphatic hydroxyl groups excluding tert-OH is 2. The van der Waals surface area contributed by atoms with Crippen molar-refractivity contribution in [1.82, 2.24) is 14.0 Å². The first-order valence-corrected chi connectivity index (χ1v) is 44.0. The van der Waals surface area contributed by atoms with Gasteiger partial charge in [0.1, 0.15) is 33.5 Å². The summed E-state index contributed by atoms with van der Waals surface area (Å²) in [6, 6.07) is 28.2. The number of ether oxygens (including phenoxy) is 1. The normalized spacial score (nSPS) is 25.5. The Bertz CT molecular complexity index is 4960. The van der Waals surface area contributed by atoms with Crippen LogP contribution in [0.3, 0.4) is 0 Å². The molecule has 5 aliphatic carbocycles. The van der Waals surface area contributed by atoms with Gasteiger partial charge in [0.15, 0.2) is 9.84 Å². The smallest absolute Gasteiger partial charge is 0.371 e. The van der Waals surface area contributed by atoms with Gasteiger partial charge in [-0.2, -0.15) is 4.31 Å². The second-order valence-electron chi connectivity index (χ2n) is 34.0. The van der Waals surface area contributed by atoms with E-state index in [9.17, 15) is 46.5 Å². The number of benzene rings is 5. The van der Waals surface area contributed by atoms with Crippen LogP contribution >= 0.6 is 46.4 Å². The van der Waals surface area contributed by atoms with Crippen LogP contribution in [-0.2, 0) is 48.5 Å². The van der Waals surface area contributed by atoms with Crippen LogP contribution in [0.2, 0.25) is 20.1 Å². The van der Waals surface area contributed by atoms with Gasteiger partial charge in [-0.25, -0.2) is 26.4 Å².